The highest BCUT2D eigenvalue weighted by Gasteiger charge is 2.21. The van der Waals surface area contributed by atoms with Crippen molar-refractivity contribution in [2.75, 3.05) is 25.4 Å². The molecule has 0 N–H and O–H groups in total. The van der Waals surface area contributed by atoms with Gasteiger partial charge in [0.2, 0.25) is 0 Å². The first-order chi connectivity index (χ1) is 11.6. The monoisotopic (exact) mass is 346 g/mol. The molecule has 2 aromatic rings. The molecule has 0 radical (unpaired) electrons. The summed E-state index contributed by atoms with van der Waals surface area (Å²) in [5.41, 5.74) is 0. The maximum atomic E-state index is 12.4. The summed E-state index contributed by atoms with van der Waals surface area (Å²) in [6.45, 7) is 7.96. The number of aromatic nitrogens is 3. The van der Waals surface area contributed by atoms with Crippen molar-refractivity contribution in [3.8, 4) is 0 Å². The zero-order chi connectivity index (χ0) is 16.9. The minimum Gasteiger partial charge on any atom is -0.302 e. The lowest BCUT2D eigenvalue weighted by Crippen LogP contribution is -2.39. The number of likely N-dealkylation sites (tertiary alicyclic amines) is 1. The zero-order valence-electron chi connectivity index (χ0n) is 14.5. The highest BCUT2D eigenvalue weighted by atomic mass is 32.2. The van der Waals surface area contributed by atoms with Gasteiger partial charge in [0, 0.05) is 30.3 Å². The Morgan fingerprint density at radius 1 is 1.25 bits per heavy atom. The Morgan fingerprint density at radius 2 is 2.04 bits per heavy atom. The number of nitrogens with zero attached hydrogens (tertiary/aromatic N) is 4. The van der Waals surface area contributed by atoms with Gasteiger partial charge >= 0.3 is 0 Å². The summed E-state index contributed by atoms with van der Waals surface area (Å²) >= 11 is 0. The van der Waals surface area contributed by atoms with Crippen molar-refractivity contribution in [1.82, 2.24) is 19.7 Å². The number of hydrogen-bond acceptors (Lipinski definition) is 4. The van der Waals surface area contributed by atoms with E-state index in [1.165, 1.54) is 12.8 Å². The first-order valence-corrected chi connectivity index (χ1v) is 9.97. The van der Waals surface area contributed by atoms with Crippen LogP contribution in [0.4, 0.5) is 0 Å². The third kappa shape index (κ3) is 4.51. The molecule has 2 atom stereocenters. The zero-order valence-corrected chi connectivity index (χ0v) is 15.3. The van der Waals surface area contributed by atoms with Gasteiger partial charge in [0.1, 0.15) is 11.6 Å². The van der Waals surface area contributed by atoms with Gasteiger partial charge in [-0.15, -0.1) is 0 Å². The lowest BCUT2D eigenvalue weighted by Gasteiger charge is -2.32. The van der Waals surface area contributed by atoms with Gasteiger partial charge < -0.3 is 4.90 Å². The molecule has 3 rings (SSSR count). The van der Waals surface area contributed by atoms with Gasteiger partial charge in [0.25, 0.3) is 0 Å². The first-order valence-electron chi connectivity index (χ1n) is 8.65. The number of rotatable bonds is 6. The minimum atomic E-state index is -0.904. The van der Waals surface area contributed by atoms with Crippen LogP contribution in [0.1, 0.15) is 24.5 Å². The predicted octanol–water partition coefficient (Wildman–Crippen LogP) is 2.41. The van der Waals surface area contributed by atoms with Crippen molar-refractivity contribution in [3.63, 3.8) is 0 Å². The van der Waals surface area contributed by atoms with E-state index in [-0.39, 0.29) is 0 Å². The number of aryl methyl sites for hydroxylation is 2. The molecule has 1 aromatic heterocycles. The fourth-order valence-corrected chi connectivity index (χ4v) is 4.50. The van der Waals surface area contributed by atoms with E-state index in [1.54, 1.807) is 0 Å². The van der Waals surface area contributed by atoms with Crippen molar-refractivity contribution in [2.45, 2.75) is 38.1 Å². The maximum absolute atomic E-state index is 12.4. The van der Waals surface area contributed by atoms with Gasteiger partial charge in [-0.2, -0.15) is 5.10 Å². The van der Waals surface area contributed by atoms with Crippen molar-refractivity contribution in [1.29, 1.82) is 0 Å². The van der Waals surface area contributed by atoms with Crippen molar-refractivity contribution in [2.24, 2.45) is 5.92 Å². The number of piperidine rings is 1. The topological polar surface area (TPSA) is 51.0 Å². The molecule has 2 unspecified atom stereocenters. The van der Waals surface area contributed by atoms with E-state index in [1.807, 2.05) is 48.9 Å². The molecule has 6 heteroatoms. The fourth-order valence-electron chi connectivity index (χ4n) is 3.38. The van der Waals surface area contributed by atoms with Gasteiger partial charge in [0.05, 0.1) is 10.8 Å². The van der Waals surface area contributed by atoms with Crippen LogP contribution in [0.25, 0.3) is 0 Å². The normalized spacial score (nSPS) is 20.2. The SMILES string of the molecule is Cc1nc(C)n(CC2CCCN(CCS(=O)c3ccccc3)C2)n1. The molecule has 0 bridgehead atoms. The summed E-state index contributed by atoms with van der Waals surface area (Å²) in [4.78, 5) is 7.77. The molecule has 2 heterocycles. The second-order valence-electron chi connectivity index (χ2n) is 6.56. The molecular weight excluding hydrogens is 320 g/mol. The van der Waals surface area contributed by atoms with Crippen LogP contribution in [0.15, 0.2) is 35.2 Å². The molecule has 0 amide bonds. The van der Waals surface area contributed by atoms with Gasteiger partial charge in [0.15, 0.2) is 0 Å². The highest BCUT2D eigenvalue weighted by Crippen LogP contribution is 2.19. The molecule has 1 saturated heterocycles. The summed E-state index contributed by atoms with van der Waals surface area (Å²) in [5.74, 6) is 3.15. The van der Waals surface area contributed by atoms with Gasteiger partial charge in [-0.1, -0.05) is 18.2 Å². The van der Waals surface area contributed by atoms with Crippen LogP contribution in [-0.2, 0) is 17.3 Å². The van der Waals surface area contributed by atoms with Crippen LogP contribution in [-0.4, -0.2) is 49.3 Å². The molecule has 0 aliphatic carbocycles. The Bertz CT molecular complexity index is 686. The van der Waals surface area contributed by atoms with Gasteiger partial charge in [-0.3, -0.25) is 4.21 Å². The molecule has 0 spiro atoms. The molecule has 130 valence electrons. The molecule has 1 fully saturated rings. The highest BCUT2D eigenvalue weighted by molar-refractivity contribution is 7.85. The maximum Gasteiger partial charge on any atom is 0.147 e. The van der Waals surface area contributed by atoms with E-state index in [0.717, 1.165) is 42.7 Å². The molecule has 1 aromatic carbocycles. The van der Waals surface area contributed by atoms with Crippen LogP contribution in [0.3, 0.4) is 0 Å². The average molecular weight is 346 g/mol. The molecule has 5 nitrogen and oxygen atoms in total. The van der Waals surface area contributed by atoms with E-state index >= 15 is 0 Å². The summed E-state index contributed by atoms with van der Waals surface area (Å²) in [6.07, 6.45) is 2.44. The van der Waals surface area contributed by atoms with Crippen LogP contribution < -0.4 is 0 Å². The minimum absolute atomic E-state index is 0.601. The van der Waals surface area contributed by atoms with Crippen LogP contribution in [0, 0.1) is 19.8 Å². The van der Waals surface area contributed by atoms with E-state index in [2.05, 4.69) is 15.0 Å². The van der Waals surface area contributed by atoms with Crippen molar-refractivity contribution < 1.29 is 4.21 Å². The quantitative estimate of drug-likeness (QED) is 0.806. The smallest absolute Gasteiger partial charge is 0.147 e. The van der Waals surface area contributed by atoms with E-state index in [0.29, 0.717) is 11.7 Å². The molecule has 24 heavy (non-hydrogen) atoms. The number of hydrogen-bond donors (Lipinski definition) is 0. The van der Waals surface area contributed by atoms with Crippen molar-refractivity contribution >= 4 is 10.8 Å². The van der Waals surface area contributed by atoms with Gasteiger partial charge in [-0.05, 0) is 51.3 Å². The van der Waals surface area contributed by atoms with E-state index < -0.39 is 10.8 Å². The lowest BCUT2D eigenvalue weighted by molar-refractivity contribution is 0.167. The Morgan fingerprint density at radius 3 is 2.75 bits per heavy atom. The molecule has 0 saturated carbocycles. The Balaban J connectivity index is 1.50. The molecular formula is C18H26N4OS. The first kappa shape index (κ1) is 17.3. The second kappa shape index (κ2) is 8.03. The summed E-state index contributed by atoms with van der Waals surface area (Å²) in [7, 11) is -0.904. The summed E-state index contributed by atoms with van der Waals surface area (Å²) in [6, 6.07) is 9.76. The largest absolute Gasteiger partial charge is 0.302 e. The van der Waals surface area contributed by atoms with E-state index in [4.69, 9.17) is 0 Å². The van der Waals surface area contributed by atoms with Crippen LogP contribution in [0.5, 0.6) is 0 Å². The predicted molar refractivity (Wildman–Crippen MR) is 96.4 cm³/mol. The Kier molecular flexibility index (Phi) is 5.79. The van der Waals surface area contributed by atoms with Crippen LogP contribution in [0.2, 0.25) is 0 Å². The summed E-state index contributed by atoms with van der Waals surface area (Å²) < 4.78 is 14.4. The summed E-state index contributed by atoms with van der Waals surface area (Å²) in [5, 5.41) is 4.48. The van der Waals surface area contributed by atoms with Crippen molar-refractivity contribution in [3.05, 3.63) is 42.0 Å². The number of benzene rings is 1. The molecule has 1 aliphatic heterocycles. The second-order valence-corrected chi connectivity index (χ2v) is 8.13. The molecule has 1 aliphatic rings. The Labute approximate surface area is 146 Å². The lowest BCUT2D eigenvalue weighted by atomic mass is 9.98. The van der Waals surface area contributed by atoms with Crippen LogP contribution >= 0.6 is 0 Å². The van der Waals surface area contributed by atoms with E-state index in [9.17, 15) is 4.21 Å². The van der Waals surface area contributed by atoms with Gasteiger partial charge in [-0.25, -0.2) is 9.67 Å². The average Bonchev–Trinajstić information content (AvgIpc) is 2.91. The Hall–Kier alpha value is -1.53. The third-order valence-corrected chi connectivity index (χ3v) is 5.95. The third-order valence-electron chi connectivity index (χ3n) is 4.60. The standard InChI is InChI=1S/C18H26N4OS/c1-15-19-16(2)22(20-15)14-17-7-6-10-21(13-17)11-12-24(23)18-8-4-3-5-9-18/h3-5,8-9,17H,6-7,10-14H2,1-2H3. The fraction of sp³-hybridized carbons (Fsp3) is 0.556.